The maximum absolute atomic E-state index is 12.4. The number of hydrogen-bond donors (Lipinski definition) is 0. The first-order valence-electron chi connectivity index (χ1n) is 6.38. The summed E-state index contributed by atoms with van der Waals surface area (Å²) in [6.07, 6.45) is 1.86. The molecule has 0 atom stereocenters. The Bertz CT molecular complexity index is 705. The largest absolute Gasteiger partial charge is 0.292 e. The second kappa shape index (κ2) is 5.48. The molecule has 0 saturated heterocycles. The molecule has 0 unspecified atom stereocenters. The van der Waals surface area contributed by atoms with E-state index >= 15 is 0 Å². The summed E-state index contributed by atoms with van der Waals surface area (Å²) in [4.78, 5) is 12.4. The van der Waals surface area contributed by atoms with Crippen molar-refractivity contribution >= 4 is 5.78 Å². The number of rotatable bonds is 4. The van der Waals surface area contributed by atoms with Crippen LogP contribution < -0.4 is 0 Å². The van der Waals surface area contributed by atoms with Crippen LogP contribution in [0.2, 0.25) is 0 Å². The third kappa shape index (κ3) is 2.49. The number of carbonyl (C=O) groups excluding carboxylic acids is 1. The number of ketones is 1. The number of carbonyl (C=O) groups is 1. The van der Waals surface area contributed by atoms with Crippen molar-refractivity contribution in [3.8, 4) is 5.69 Å². The minimum absolute atomic E-state index is 0.00468. The first-order chi connectivity index (χ1) is 9.84. The molecule has 0 aliphatic heterocycles. The average molecular weight is 263 g/mol. The lowest BCUT2D eigenvalue weighted by atomic mass is 10.1. The molecular weight excluding hydrogens is 250 g/mol. The van der Waals surface area contributed by atoms with E-state index in [0.717, 1.165) is 11.3 Å². The number of hydrogen-bond acceptors (Lipinski definition) is 3. The summed E-state index contributed by atoms with van der Waals surface area (Å²) >= 11 is 0. The van der Waals surface area contributed by atoms with Crippen molar-refractivity contribution in [1.82, 2.24) is 15.0 Å². The second-order valence-electron chi connectivity index (χ2n) is 4.45. The van der Waals surface area contributed by atoms with Crippen LogP contribution >= 0.6 is 0 Å². The predicted octanol–water partition coefficient (Wildman–Crippen LogP) is 2.69. The van der Waals surface area contributed by atoms with Gasteiger partial charge in [-0.3, -0.25) is 4.79 Å². The lowest BCUT2D eigenvalue weighted by Gasteiger charge is -2.05. The third-order valence-corrected chi connectivity index (χ3v) is 3.04. The Balaban J connectivity index is 1.88. The summed E-state index contributed by atoms with van der Waals surface area (Å²) < 4.78 is 1.57. The van der Waals surface area contributed by atoms with Gasteiger partial charge in [-0.1, -0.05) is 53.7 Å². The van der Waals surface area contributed by atoms with Gasteiger partial charge in [0.05, 0.1) is 11.9 Å². The smallest absolute Gasteiger partial charge is 0.187 e. The van der Waals surface area contributed by atoms with Crippen molar-refractivity contribution in [2.24, 2.45) is 0 Å². The number of para-hydroxylation sites is 1. The topological polar surface area (TPSA) is 47.8 Å². The Morgan fingerprint density at radius 1 is 0.950 bits per heavy atom. The number of aromatic nitrogens is 3. The average Bonchev–Trinajstić information content (AvgIpc) is 2.99. The van der Waals surface area contributed by atoms with Crippen molar-refractivity contribution in [3.63, 3.8) is 0 Å². The molecule has 98 valence electrons. The zero-order chi connectivity index (χ0) is 13.8. The van der Waals surface area contributed by atoms with Crippen LogP contribution in [0.1, 0.15) is 16.1 Å². The number of Topliss-reactive ketones (excluding diaryl/α,β-unsaturated/α-hetero) is 1. The van der Waals surface area contributed by atoms with E-state index in [-0.39, 0.29) is 5.78 Å². The monoisotopic (exact) mass is 263 g/mol. The molecule has 0 aliphatic carbocycles. The van der Waals surface area contributed by atoms with Gasteiger partial charge in [-0.05, 0) is 17.7 Å². The lowest BCUT2D eigenvalue weighted by molar-refractivity contribution is 0.0985. The molecule has 3 aromatic rings. The van der Waals surface area contributed by atoms with E-state index in [1.54, 1.807) is 4.68 Å². The molecule has 0 spiro atoms. The molecule has 0 bridgehead atoms. The van der Waals surface area contributed by atoms with Crippen molar-refractivity contribution < 1.29 is 4.79 Å². The van der Waals surface area contributed by atoms with Crippen LogP contribution in [0.3, 0.4) is 0 Å². The molecule has 0 aliphatic rings. The van der Waals surface area contributed by atoms with Crippen LogP contribution in [0.15, 0.2) is 66.9 Å². The fourth-order valence-corrected chi connectivity index (χ4v) is 2.06. The highest BCUT2D eigenvalue weighted by Gasteiger charge is 2.14. The highest BCUT2D eigenvalue weighted by atomic mass is 16.1. The molecule has 0 N–H and O–H groups in total. The minimum Gasteiger partial charge on any atom is -0.292 e. The van der Waals surface area contributed by atoms with E-state index in [2.05, 4.69) is 10.3 Å². The molecule has 0 fully saturated rings. The summed E-state index contributed by atoms with van der Waals surface area (Å²) in [6.45, 7) is 0. The Morgan fingerprint density at radius 2 is 1.60 bits per heavy atom. The van der Waals surface area contributed by atoms with Crippen LogP contribution in [0.4, 0.5) is 0 Å². The van der Waals surface area contributed by atoms with Crippen molar-refractivity contribution in [2.45, 2.75) is 6.42 Å². The van der Waals surface area contributed by atoms with Gasteiger partial charge in [0.1, 0.15) is 5.69 Å². The lowest BCUT2D eigenvalue weighted by Crippen LogP contribution is -2.11. The molecule has 2 aromatic carbocycles. The zero-order valence-electron chi connectivity index (χ0n) is 10.8. The quantitative estimate of drug-likeness (QED) is 0.680. The van der Waals surface area contributed by atoms with Gasteiger partial charge >= 0.3 is 0 Å². The molecule has 4 nitrogen and oxygen atoms in total. The summed E-state index contributed by atoms with van der Waals surface area (Å²) in [6, 6.07) is 19.2. The Kier molecular flexibility index (Phi) is 3.37. The molecule has 0 amide bonds. The highest BCUT2D eigenvalue weighted by Crippen LogP contribution is 2.11. The van der Waals surface area contributed by atoms with Crippen LogP contribution in [-0.2, 0) is 6.42 Å². The van der Waals surface area contributed by atoms with Gasteiger partial charge in [0.25, 0.3) is 0 Å². The SMILES string of the molecule is O=C(Cc1ccccc1)c1cnnn1-c1ccccc1. The van der Waals surface area contributed by atoms with Gasteiger partial charge in [-0.15, -0.1) is 5.10 Å². The molecule has 20 heavy (non-hydrogen) atoms. The first-order valence-corrected chi connectivity index (χ1v) is 6.38. The summed E-state index contributed by atoms with van der Waals surface area (Å²) in [7, 11) is 0. The molecule has 1 heterocycles. The summed E-state index contributed by atoms with van der Waals surface area (Å²) in [5, 5.41) is 7.85. The highest BCUT2D eigenvalue weighted by molar-refractivity contribution is 5.96. The minimum atomic E-state index is 0.00468. The number of benzene rings is 2. The Morgan fingerprint density at radius 3 is 2.30 bits per heavy atom. The van der Waals surface area contributed by atoms with Gasteiger partial charge in [0.2, 0.25) is 0 Å². The van der Waals surface area contributed by atoms with Gasteiger partial charge in [0.15, 0.2) is 5.78 Å². The van der Waals surface area contributed by atoms with E-state index in [9.17, 15) is 4.79 Å². The third-order valence-electron chi connectivity index (χ3n) is 3.04. The van der Waals surface area contributed by atoms with Crippen LogP contribution in [-0.4, -0.2) is 20.8 Å². The fourth-order valence-electron chi connectivity index (χ4n) is 2.06. The van der Waals surface area contributed by atoms with Crippen LogP contribution in [0, 0.1) is 0 Å². The van der Waals surface area contributed by atoms with Crippen molar-refractivity contribution in [2.75, 3.05) is 0 Å². The van der Waals surface area contributed by atoms with Crippen molar-refractivity contribution in [3.05, 3.63) is 78.1 Å². The van der Waals surface area contributed by atoms with E-state index in [1.165, 1.54) is 6.20 Å². The van der Waals surface area contributed by atoms with Gasteiger partial charge in [-0.25, -0.2) is 4.68 Å². The maximum Gasteiger partial charge on any atom is 0.187 e. The fraction of sp³-hybridized carbons (Fsp3) is 0.0625. The number of nitrogens with zero attached hydrogens (tertiary/aromatic N) is 3. The molecule has 0 saturated carbocycles. The maximum atomic E-state index is 12.4. The van der Waals surface area contributed by atoms with E-state index in [0.29, 0.717) is 12.1 Å². The Hall–Kier alpha value is -2.75. The van der Waals surface area contributed by atoms with Crippen molar-refractivity contribution in [1.29, 1.82) is 0 Å². The summed E-state index contributed by atoms with van der Waals surface area (Å²) in [5.41, 5.74) is 2.32. The molecule has 3 rings (SSSR count). The normalized spacial score (nSPS) is 10.4. The van der Waals surface area contributed by atoms with Crippen LogP contribution in [0.25, 0.3) is 5.69 Å². The Labute approximate surface area is 116 Å². The van der Waals surface area contributed by atoms with Gasteiger partial charge in [0, 0.05) is 6.42 Å². The summed E-state index contributed by atoms with van der Waals surface area (Å²) in [5.74, 6) is 0.00468. The van der Waals surface area contributed by atoms with E-state index < -0.39 is 0 Å². The molecule has 0 radical (unpaired) electrons. The van der Waals surface area contributed by atoms with Gasteiger partial charge < -0.3 is 0 Å². The molecule has 4 heteroatoms. The molecular formula is C16H13N3O. The molecule has 1 aromatic heterocycles. The zero-order valence-corrected chi connectivity index (χ0v) is 10.8. The van der Waals surface area contributed by atoms with E-state index in [4.69, 9.17) is 0 Å². The van der Waals surface area contributed by atoms with Gasteiger partial charge in [-0.2, -0.15) is 0 Å². The van der Waals surface area contributed by atoms with Crippen LogP contribution in [0.5, 0.6) is 0 Å². The second-order valence-corrected chi connectivity index (χ2v) is 4.45. The van der Waals surface area contributed by atoms with E-state index in [1.807, 2.05) is 60.7 Å². The first kappa shape index (κ1) is 12.3. The predicted molar refractivity (Wildman–Crippen MR) is 75.8 cm³/mol. The standard InChI is InChI=1S/C16H13N3O/c20-16(11-13-7-3-1-4-8-13)15-12-17-18-19(15)14-9-5-2-6-10-14/h1-10,12H,11H2.